The molecule has 0 aliphatic carbocycles. The van der Waals surface area contributed by atoms with Crippen LogP contribution in [0, 0.1) is 13.8 Å². The Bertz CT molecular complexity index is 913. The number of thiazole rings is 1. The van der Waals surface area contributed by atoms with E-state index in [0.29, 0.717) is 23.2 Å². The third-order valence-corrected chi connectivity index (χ3v) is 4.76. The second-order valence-electron chi connectivity index (χ2n) is 5.81. The topological polar surface area (TPSA) is 59.1 Å². The van der Waals surface area contributed by atoms with Gasteiger partial charge in [0.2, 0.25) is 0 Å². The molecule has 0 saturated carbocycles. The molecule has 0 atom stereocenters. The van der Waals surface area contributed by atoms with E-state index in [0.717, 1.165) is 16.3 Å². The van der Waals surface area contributed by atoms with E-state index in [-0.39, 0.29) is 11.7 Å². The van der Waals surface area contributed by atoms with E-state index < -0.39 is 0 Å². The summed E-state index contributed by atoms with van der Waals surface area (Å²) < 4.78 is 0. The molecule has 25 heavy (non-hydrogen) atoms. The molecule has 0 aliphatic rings. The number of nitrogens with one attached hydrogen (secondary N) is 1. The number of ketones is 1. The van der Waals surface area contributed by atoms with Crippen molar-refractivity contribution in [3.05, 3.63) is 86.9 Å². The van der Waals surface area contributed by atoms with Crippen molar-refractivity contribution in [3.63, 3.8) is 0 Å². The van der Waals surface area contributed by atoms with Crippen molar-refractivity contribution in [1.82, 2.24) is 10.3 Å². The van der Waals surface area contributed by atoms with E-state index in [1.165, 1.54) is 11.3 Å². The third kappa shape index (κ3) is 4.00. The van der Waals surface area contributed by atoms with Crippen molar-refractivity contribution in [2.45, 2.75) is 20.4 Å². The molecule has 1 N–H and O–H groups in total. The largest absolute Gasteiger partial charge is 0.346 e. The fourth-order valence-electron chi connectivity index (χ4n) is 2.47. The van der Waals surface area contributed by atoms with Crippen LogP contribution in [-0.4, -0.2) is 16.7 Å². The molecule has 0 aliphatic heterocycles. The molecule has 0 unspecified atom stereocenters. The van der Waals surface area contributed by atoms with Crippen LogP contribution in [-0.2, 0) is 6.54 Å². The highest BCUT2D eigenvalue weighted by molar-refractivity contribution is 7.09. The number of hydrogen-bond donors (Lipinski definition) is 1. The smallest absolute Gasteiger partial charge is 0.252 e. The number of rotatable bonds is 5. The standard InChI is InChI=1S/C20H18N2O2S/c1-13-7-9-15(10-8-13)19(23)16-5-3-4-6-17(16)20(24)21-11-18-22-14(2)12-25-18/h3-10,12H,11H2,1-2H3,(H,21,24). The molecule has 3 aromatic rings. The third-order valence-electron chi connectivity index (χ3n) is 3.80. The second kappa shape index (κ2) is 7.40. The maximum absolute atomic E-state index is 12.8. The maximum Gasteiger partial charge on any atom is 0.252 e. The zero-order valence-electron chi connectivity index (χ0n) is 14.1. The summed E-state index contributed by atoms with van der Waals surface area (Å²) in [6.07, 6.45) is 0. The van der Waals surface area contributed by atoms with E-state index >= 15 is 0 Å². The molecule has 1 amide bonds. The highest BCUT2D eigenvalue weighted by Crippen LogP contribution is 2.16. The van der Waals surface area contributed by atoms with Gasteiger partial charge in [-0.05, 0) is 19.9 Å². The van der Waals surface area contributed by atoms with Crippen LogP contribution in [0.1, 0.15) is 42.5 Å². The van der Waals surface area contributed by atoms with Crippen molar-refractivity contribution in [2.75, 3.05) is 0 Å². The average Bonchev–Trinajstić information content (AvgIpc) is 3.05. The Morgan fingerprint density at radius 3 is 2.32 bits per heavy atom. The molecule has 4 nitrogen and oxygen atoms in total. The number of aryl methyl sites for hydroxylation is 2. The first kappa shape index (κ1) is 17.0. The monoisotopic (exact) mass is 350 g/mol. The summed E-state index contributed by atoms with van der Waals surface area (Å²) in [6.45, 7) is 4.23. The van der Waals surface area contributed by atoms with Crippen molar-refractivity contribution >= 4 is 23.0 Å². The highest BCUT2D eigenvalue weighted by Gasteiger charge is 2.18. The lowest BCUT2D eigenvalue weighted by molar-refractivity contribution is 0.0939. The van der Waals surface area contributed by atoms with Gasteiger partial charge in [-0.25, -0.2) is 4.98 Å². The summed E-state index contributed by atoms with van der Waals surface area (Å²) in [6, 6.07) is 14.2. The Hall–Kier alpha value is -2.79. The molecule has 1 aromatic heterocycles. The van der Waals surface area contributed by atoms with Gasteiger partial charge in [-0.15, -0.1) is 11.3 Å². The SMILES string of the molecule is Cc1ccc(C(=O)c2ccccc2C(=O)NCc2nc(C)cs2)cc1. The van der Waals surface area contributed by atoms with Gasteiger partial charge < -0.3 is 5.32 Å². The van der Waals surface area contributed by atoms with Crippen LogP contribution >= 0.6 is 11.3 Å². The summed E-state index contributed by atoms with van der Waals surface area (Å²) in [5.41, 5.74) is 3.37. The number of aromatic nitrogens is 1. The van der Waals surface area contributed by atoms with E-state index in [1.54, 1.807) is 36.4 Å². The molecule has 5 heteroatoms. The Kier molecular flexibility index (Phi) is 5.05. The highest BCUT2D eigenvalue weighted by atomic mass is 32.1. The molecule has 0 saturated heterocycles. The molecule has 1 heterocycles. The quantitative estimate of drug-likeness (QED) is 0.710. The van der Waals surface area contributed by atoms with Gasteiger partial charge in [-0.2, -0.15) is 0 Å². The molecular formula is C20H18N2O2S. The predicted octanol–water partition coefficient (Wildman–Crippen LogP) is 3.92. The lowest BCUT2D eigenvalue weighted by Gasteiger charge is -2.09. The first-order valence-electron chi connectivity index (χ1n) is 7.94. The Morgan fingerprint density at radius 2 is 1.68 bits per heavy atom. The molecular weight excluding hydrogens is 332 g/mol. The number of hydrogen-bond acceptors (Lipinski definition) is 4. The van der Waals surface area contributed by atoms with E-state index in [4.69, 9.17) is 0 Å². The van der Waals surface area contributed by atoms with E-state index in [9.17, 15) is 9.59 Å². The Morgan fingerprint density at radius 1 is 1.00 bits per heavy atom. The number of carbonyl (C=O) groups excluding carboxylic acids is 2. The van der Waals surface area contributed by atoms with Gasteiger partial charge in [0.25, 0.3) is 5.91 Å². The normalized spacial score (nSPS) is 10.5. The first-order chi connectivity index (χ1) is 12.0. The molecule has 0 radical (unpaired) electrons. The fraction of sp³-hybridized carbons (Fsp3) is 0.150. The van der Waals surface area contributed by atoms with E-state index in [2.05, 4.69) is 10.3 Å². The van der Waals surface area contributed by atoms with E-state index in [1.807, 2.05) is 31.4 Å². The van der Waals surface area contributed by atoms with Gasteiger partial charge in [0.1, 0.15) is 5.01 Å². The summed E-state index contributed by atoms with van der Waals surface area (Å²) in [5, 5.41) is 5.62. The van der Waals surface area contributed by atoms with Crippen molar-refractivity contribution in [1.29, 1.82) is 0 Å². The van der Waals surface area contributed by atoms with Gasteiger partial charge in [0, 0.05) is 22.2 Å². The lowest BCUT2D eigenvalue weighted by Crippen LogP contribution is -2.25. The zero-order chi connectivity index (χ0) is 17.8. The van der Waals surface area contributed by atoms with Crippen LogP contribution in [0.3, 0.4) is 0 Å². The molecule has 0 fully saturated rings. The van der Waals surface area contributed by atoms with Crippen LogP contribution in [0.5, 0.6) is 0 Å². The van der Waals surface area contributed by atoms with Gasteiger partial charge in [0.05, 0.1) is 12.1 Å². The van der Waals surface area contributed by atoms with Crippen LogP contribution in [0.2, 0.25) is 0 Å². The average molecular weight is 350 g/mol. The van der Waals surface area contributed by atoms with Crippen molar-refractivity contribution < 1.29 is 9.59 Å². The molecule has 126 valence electrons. The number of carbonyl (C=O) groups is 2. The minimum atomic E-state index is -0.274. The minimum absolute atomic E-state index is 0.157. The Balaban J connectivity index is 1.81. The van der Waals surface area contributed by atoms with Crippen LogP contribution < -0.4 is 5.32 Å². The summed E-state index contributed by atoms with van der Waals surface area (Å²) in [5.74, 6) is -0.431. The summed E-state index contributed by atoms with van der Waals surface area (Å²) >= 11 is 1.50. The lowest BCUT2D eigenvalue weighted by atomic mass is 9.97. The number of amides is 1. The first-order valence-corrected chi connectivity index (χ1v) is 8.82. The molecule has 3 rings (SSSR count). The molecule has 2 aromatic carbocycles. The van der Waals surface area contributed by atoms with Crippen LogP contribution in [0.25, 0.3) is 0 Å². The zero-order valence-corrected chi connectivity index (χ0v) is 14.9. The van der Waals surface area contributed by atoms with Gasteiger partial charge in [-0.3, -0.25) is 9.59 Å². The van der Waals surface area contributed by atoms with Crippen molar-refractivity contribution in [2.24, 2.45) is 0 Å². The molecule has 0 bridgehead atoms. The maximum atomic E-state index is 12.8. The van der Waals surface area contributed by atoms with Gasteiger partial charge >= 0.3 is 0 Å². The Labute approximate surface area is 150 Å². The minimum Gasteiger partial charge on any atom is -0.346 e. The van der Waals surface area contributed by atoms with Crippen molar-refractivity contribution in [3.8, 4) is 0 Å². The van der Waals surface area contributed by atoms with Gasteiger partial charge in [0.15, 0.2) is 5.78 Å². The summed E-state index contributed by atoms with van der Waals surface area (Å²) in [7, 11) is 0. The molecule has 0 spiro atoms. The number of nitrogens with zero attached hydrogens (tertiary/aromatic N) is 1. The van der Waals surface area contributed by atoms with Gasteiger partial charge in [-0.1, -0.05) is 48.0 Å². The number of benzene rings is 2. The fourth-order valence-corrected chi connectivity index (χ4v) is 3.19. The predicted molar refractivity (Wildman–Crippen MR) is 99.1 cm³/mol. The van der Waals surface area contributed by atoms with Crippen LogP contribution in [0.15, 0.2) is 53.9 Å². The second-order valence-corrected chi connectivity index (χ2v) is 6.75. The summed E-state index contributed by atoms with van der Waals surface area (Å²) in [4.78, 5) is 29.6. The van der Waals surface area contributed by atoms with Crippen LogP contribution in [0.4, 0.5) is 0 Å².